The fraction of sp³-hybridized carbons (Fsp3) is 0.833. The van der Waals surface area contributed by atoms with Crippen LogP contribution in [0.5, 0.6) is 0 Å². The van der Waals surface area contributed by atoms with Gasteiger partial charge in [-0.1, -0.05) is 20.8 Å². The van der Waals surface area contributed by atoms with E-state index < -0.39 is 5.41 Å². The second-order valence-corrected chi connectivity index (χ2v) is 5.04. The molecule has 0 aliphatic heterocycles. The number of hydrogen-bond acceptors (Lipinski definition) is 3. The van der Waals surface area contributed by atoms with Crippen molar-refractivity contribution < 1.29 is 14.7 Å². The third kappa shape index (κ3) is 8.68. The Hall–Kier alpha value is -1.10. The number of nitrogens with one attached hydrogen (secondary N) is 2. The van der Waals surface area contributed by atoms with Gasteiger partial charge in [0.1, 0.15) is 0 Å². The molecular formula is C12H24N2O3. The Bertz CT molecular complexity index is 247. The van der Waals surface area contributed by atoms with Gasteiger partial charge in [-0.2, -0.15) is 0 Å². The molecule has 0 spiro atoms. The Kier molecular flexibility index (Phi) is 7.54. The molecule has 5 heteroatoms. The van der Waals surface area contributed by atoms with E-state index in [2.05, 4.69) is 10.6 Å². The summed E-state index contributed by atoms with van der Waals surface area (Å²) in [7, 11) is 0. The normalized spacial score (nSPS) is 11.1. The topological polar surface area (TPSA) is 78.4 Å². The lowest BCUT2D eigenvalue weighted by Crippen LogP contribution is -2.37. The average molecular weight is 244 g/mol. The first-order valence-corrected chi connectivity index (χ1v) is 6.04. The van der Waals surface area contributed by atoms with Crippen molar-refractivity contribution in [1.82, 2.24) is 10.6 Å². The third-order valence-corrected chi connectivity index (χ3v) is 2.23. The van der Waals surface area contributed by atoms with Gasteiger partial charge in [-0.25, -0.2) is 0 Å². The summed E-state index contributed by atoms with van der Waals surface area (Å²) >= 11 is 0. The number of rotatable bonds is 7. The predicted octanol–water partition coefficient (Wildman–Crippen LogP) is 0.428. The van der Waals surface area contributed by atoms with E-state index in [1.165, 1.54) is 0 Å². The molecule has 100 valence electrons. The lowest BCUT2D eigenvalue weighted by molar-refractivity contribution is -0.128. The molecule has 0 aromatic rings. The minimum Gasteiger partial charge on any atom is -0.396 e. The highest BCUT2D eigenvalue weighted by Gasteiger charge is 2.20. The van der Waals surface area contributed by atoms with Gasteiger partial charge in [0.15, 0.2) is 0 Å². The zero-order valence-corrected chi connectivity index (χ0v) is 11.0. The molecule has 0 rings (SSSR count). The molecule has 2 amide bonds. The van der Waals surface area contributed by atoms with E-state index in [0.29, 0.717) is 25.9 Å². The third-order valence-electron chi connectivity index (χ3n) is 2.23. The van der Waals surface area contributed by atoms with Gasteiger partial charge in [-0.15, -0.1) is 0 Å². The minimum atomic E-state index is -0.419. The molecule has 0 heterocycles. The molecule has 0 unspecified atom stereocenters. The number of carbonyl (C=O) groups is 2. The second kappa shape index (κ2) is 8.06. The maximum Gasteiger partial charge on any atom is 0.225 e. The molecule has 0 atom stereocenters. The van der Waals surface area contributed by atoms with E-state index in [0.717, 1.165) is 6.42 Å². The molecule has 0 aromatic heterocycles. The van der Waals surface area contributed by atoms with Crippen LogP contribution in [0.3, 0.4) is 0 Å². The standard InChI is InChI=1S/C12H24N2O3/c1-12(2,3)11(17)14-8-6-10(16)13-7-4-5-9-15/h15H,4-9H2,1-3H3,(H,13,16)(H,14,17). The highest BCUT2D eigenvalue weighted by Crippen LogP contribution is 2.11. The van der Waals surface area contributed by atoms with Crippen molar-refractivity contribution in [2.24, 2.45) is 5.41 Å². The van der Waals surface area contributed by atoms with Gasteiger partial charge < -0.3 is 15.7 Å². The number of unbranched alkanes of at least 4 members (excludes halogenated alkanes) is 1. The van der Waals surface area contributed by atoms with Gasteiger partial charge in [0.2, 0.25) is 11.8 Å². The van der Waals surface area contributed by atoms with Crippen LogP contribution in [0, 0.1) is 5.41 Å². The van der Waals surface area contributed by atoms with Crippen LogP contribution < -0.4 is 10.6 Å². The van der Waals surface area contributed by atoms with Gasteiger partial charge in [0.05, 0.1) is 0 Å². The zero-order valence-electron chi connectivity index (χ0n) is 11.0. The van der Waals surface area contributed by atoms with Crippen LogP contribution in [0.1, 0.15) is 40.0 Å². The van der Waals surface area contributed by atoms with E-state index in [9.17, 15) is 9.59 Å². The minimum absolute atomic E-state index is 0.0504. The molecule has 0 radical (unpaired) electrons. The van der Waals surface area contributed by atoms with Crippen LogP contribution in [-0.4, -0.2) is 36.6 Å². The molecular weight excluding hydrogens is 220 g/mol. The first-order chi connectivity index (χ1) is 7.88. The van der Waals surface area contributed by atoms with E-state index >= 15 is 0 Å². The van der Waals surface area contributed by atoms with Gasteiger partial charge >= 0.3 is 0 Å². The van der Waals surface area contributed by atoms with Gasteiger partial charge in [0.25, 0.3) is 0 Å². The van der Waals surface area contributed by atoms with E-state index in [1.54, 1.807) is 0 Å². The number of hydrogen-bond donors (Lipinski definition) is 3. The van der Waals surface area contributed by atoms with Crippen LogP contribution in [-0.2, 0) is 9.59 Å². The van der Waals surface area contributed by atoms with E-state index in [1.807, 2.05) is 20.8 Å². The Morgan fingerprint density at radius 1 is 1.06 bits per heavy atom. The van der Waals surface area contributed by atoms with Crippen molar-refractivity contribution in [1.29, 1.82) is 0 Å². The first-order valence-electron chi connectivity index (χ1n) is 6.04. The van der Waals surface area contributed by atoms with Crippen molar-refractivity contribution >= 4 is 11.8 Å². The Labute approximate surface area is 103 Å². The second-order valence-electron chi connectivity index (χ2n) is 5.04. The summed E-state index contributed by atoms with van der Waals surface area (Å²) in [6.07, 6.45) is 1.76. The fourth-order valence-electron chi connectivity index (χ4n) is 1.11. The summed E-state index contributed by atoms with van der Waals surface area (Å²) in [5, 5.41) is 14.0. The SMILES string of the molecule is CC(C)(C)C(=O)NCCC(=O)NCCCCO. The fourth-order valence-corrected chi connectivity index (χ4v) is 1.11. The van der Waals surface area contributed by atoms with E-state index in [-0.39, 0.29) is 18.4 Å². The molecule has 17 heavy (non-hydrogen) atoms. The summed E-state index contributed by atoms with van der Waals surface area (Å²) in [4.78, 5) is 22.8. The Balaban J connectivity index is 3.55. The van der Waals surface area contributed by atoms with Gasteiger partial charge in [-0.3, -0.25) is 9.59 Å². The lowest BCUT2D eigenvalue weighted by Gasteiger charge is -2.17. The maximum atomic E-state index is 11.5. The number of carbonyl (C=O) groups excluding carboxylic acids is 2. The summed E-state index contributed by atoms with van der Waals surface area (Å²) in [5.41, 5.74) is -0.419. The molecule has 0 aromatic carbocycles. The molecule has 0 bridgehead atoms. The van der Waals surface area contributed by atoms with Crippen LogP contribution in [0.15, 0.2) is 0 Å². The van der Waals surface area contributed by atoms with Crippen molar-refractivity contribution in [2.75, 3.05) is 19.7 Å². The Morgan fingerprint density at radius 2 is 1.71 bits per heavy atom. The predicted molar refractivity (Wildman–Crippen MR) is 66.4 cm³/mol. The molecule has 0 aliphatic rings. The number of aliphatic hydroxyl groups is 1. The van der Waals surface area contributed by atoms with Gasteiger partial charge in [-0.05, 0) is 12.8 Å². The average Bonchev–Trinajstić information content (AvgIpc) is 2.23. The summed E-state index contributed by atoms with van der Waals surface area (Å²) in [5.74, 6) is -0.122. The van der Waals surface area contributed by atoms with Crippen LogP contribution in [0.25, 0.3) is 0 Å². The molecule has 0 fully saturated rings. The Morgan fingerprint density at radius 3 is 2.24 bits per heavy atom. The summed E-state index contributed by atoms with van der Waals surface area (Å²) in [6.45, 7) is 6.58. The summed E-state index contributed by atoms with van der Waals surface area (Å²) in [6, 6.07) is 0. The smallest absolute Gasteiger partial charge is 0.225 e. The highest BCUT2D eigenvalue weighted by atomic mass is 16.3. The van der Waals surface area contributed by atoms with E-state index in [4.69, 9.17) is 5.11 Å². The molecule has 3 N–H and O–H groups in total. The maximum absolute atomic E-state index is 11.5. The van der Waals surface area contributed by atoms with Crippen molar-refractivity contribution in [3.63, 3.8) is 0 Å². The quantitative estimate of drug-likeness (QED) is 0.568. The highest BCUT2D eigenvalue weighted by molar-refractivity contribution is 5.82. The number of aliphatic hydroxyl groups excluding tert-OH is 1. The lowest BCUT2D eigenvalue weighted by atomic mass is 9.96. The van der Waals surface area contributed by atoms with Crippen LogP contribution >= 0.6 is 0 Å². The molecule has 5 nitrogen and oxygen atoms in total. The molecule has 0 aliphatic carbocycles. The monoisotopic (exact) mass is 244 g/mol. The molecule has 0 saturated heterocycles. The van der Waals surface area contributed by atoms with Crippen LogP contribution in [0.2, 0.25) is 0 Å². The number of amides is 2. The van der Waals surface area contributed by atoms with Crippen molar-refractivity contribution in [3.8, 4) is 0 Å². The van der Waals surface area contributed by atoms with Crippen molar-refractivity contribution in [2.45, 2.75) is 40.0 Å². The first kappa shape index (κ1) is 15.9. The van der Waals surface area contributed by atoms with Crippen molar-refractivity contribution in [3.05, 3.63) is 0 Å². The summed E-state index contributed by atoms with van der Waals surface area (Å²) < 4.78 is 0. The zero-order chi connectivity index (χ0) is 13.3. The van der Waals surface area contributed by atoms with Gasteiger partial charge in [0, 0.05) is 31.5 Å². The molecule has 0 saturated carbocycles. The van der Waals surface area contributed by atoms with Crippen LogP contribution in [0.4, 0.5) is 0 Å². The largest absolute Gasteiger partial charge is 0.396 e.